The molecule has 380 valence electrons. The van der Waals surface area contributed by atoms with Gasteiger partial charge < -0.3 is 55.0 Å². The minimum atomic E-state index is -0.349. The Morgan fingerprint density at radius 3 is 2.19 bits per heavy atom. The van der Waals surface area contributed by atoms with Crippen molar-refractivity contribution in [2.45, 2.75) is 75.7 Å². The number of aromatic amines is 1. The summed E-state index contributed by atoms with van der Waals surface area (Å²) in [7, 11) is 3.29. The van der Waals surface area contributed by atoms with Crippen LogP contribution in [-0.2, 0) is 47.0 Å². The fourth-order valence-electron chi connectivity index (χ4n) is 8.50. The van der Waals surface area contributed by atoms with Gasteiger partial charge in [0.05, 0.1) is 57.1 Å². The fraction of sp³-hybridized carbons (Fsp3) is 0.638. The number of piperazine rings is 1. The Labute approximate surface area is 406 Å². The van der Waals surface area contributed by atoms with E-state index in [1.54, 1.807) is 37.2 Å². The quantitative estimate of drug-likeness (QED) is 0.0480. The van der Waals surface area contributed by atoms with Crippen LogP contribution in [0.3, 0.4) is 0 Å². The number of unbranched alkanes of at least 4 members (excludes halogenated alkanes) is 1. The summed E-state index contributed by atoms with van der Waals surface area (Å²) in [6.07, 6.45) is 4.96. The molecule has 3 aliphatic rings. The lowest BCUT2D eigenvalue weighted by Crippen LogP contribution is -2.52. The number of hydrogen-bond acceptors (Lipinski definition) is 13. The highest BCUT2D eigenvalue weighted by Crippen LogP contribution is 2.33. The molecule has 0 radical (unpaired) electrons. The summed E-state index contributed by atoms with van der Waals surface area (Å²) < 4.78 is 25.2. The second-order valence-electron chi connectivity index (χ2n) is 17.6. The number of urea groups is 1. The van der Waals surface area contributed by atoms with Crippen molar-refractivity contribution in [3.8, 4) is 17.0 Å². The van der Waals surface area contributed by atoms with E-state index in [4.69, 9.17) is 18.9 Å². The molecule has 5 heterocycles. The maximum atomic E-state index is 12.9. The molecule has 0 aliphatic carbocycles. The van der Waals surface area contributed by atoms with Gasteiger partial charge in [0.2, 0.25) is 17.7 Å². The smallest absolute Gasteiger partial charge is 0.331 e. The summed E-state index contributed by atoms with van der Waals surface area (Å²) in [5.41, 5.74) is 1.71. The highest BCUT2D eigenvalue weighted by molar-refractivity contribution is 8.00. The van der Waals surface area contributed by atoms with Crippen LogP contribution in [0, 0.1) is 0 Å². The monoisotopic (exact) mass is 982 g/mol. The largest absolute Gasteiger partial charge is 0.484 e. The van der Waals surface area contributed by atoms with Crippen LogP contribution < -0.4 is 37.3 Å². The van der Waals surface area contributed by atoms with Crippen molar-refractivity contribution in [3.05, 3.63) is 51.2 Å². The fourth-order valence-corrected chi connectivity index (χ4v) is 10.0. The third kappa shape index (κ3) is 15.8. The highest BCUT2D eigenvalue weighted by atomic mass is 32.2. The molecule has 6 amide bonds. The average molecular weight is 983 g/mol. The van der Waals surface area contributed by atoms with Crippen molar-refractivity contribution in [3.63, 3.8) is 0 Å². The normalized spacial score (nSPS) is 17.9. The molecular formula is C47H70N10O11S. The van der Waals surface area contributed by atoms with Crippen molar-refractivity contribution in [1.29, 1.82) is 0 Å². The van der Waals surface area contributed by atoms with Crippen LogP contribution >= 0.6 is 11.8 Å². The number of rotatable bonds is 29. The Kier molecular flexibility index (Phi) is 20.8. The van der Waals surface area contributed by atoms with Gasteiger partial charge in [-0.25, -0.2) is 9.59 Å². The number of aromatic nitrogens is 3. The van der Waals surface area contributed by atoms with Gasteiger partial charge in [-0.2, -0.15) is 11.8 Å². The van der Waals surface area contributed by atoms with E-state index >= 15 is 0 Å². The van der Waals surface area contributed by atoms with Gasteiger partial charge in [0.15, 0.2) is 6.61 Å². The Balaban J connectivity index is 0.700. The minimum absolute atomic E-state index is 0.0161. The van der Waals surface area contributed by atoms with Crippen LogP contribution in [0.25, 0.3) is 22.3 Å². The Morgan fingerprint density at radius 1 is 0.841 bits per heavy atom. The number of thioether (sulfide) groups is 1. The lowest BCUT2D eigenvalue weighted by Gasteiger charge is -2.34. The number of amides is 6. The number of fused-ring (bicyclic) bond motifs is 2. The summed E-state index contributed by atoms with van der Waals surface area (Å²) >= 11 is 1.87. The van der Waals surface area contributed by atoms with E-state index in [-0.39, 0.29) is 72.7 Å². The number of hydrogen-bond donors (Lipinski definition) is 5. The Bertz CT molecular complexity index is 2300. The number of carbonyl (C=O) groups excluding carboxylic acids is 5. The first kappa shape index (κ1) is 52.9. The molecule has 1 aromatic carbocycles. The molecule has 5 N–H and O–H groups in total. The van der Waals surface area contributed by atoms with Crippen LogP contribution in [0.2, 0.25) is 0 Å². The van der Waals surface area contributed by atoms with Gasteiger partial charge in [-0.1, -0.05) is 13.3 Å². The van der Waals surface area contributed by atoms with Crippen molar-refractivity contribution in [1.82, 2.24) is 50.1 Å². The maximum absolute atomic E-state index is 12.9. The van der Waals surface area contributed by atoms with E-state index in [0.29, 0.717) is 139 Å². The zero-order valence-corrected chi connectivity index (χ0v) is 41.0. The number of carbonyl (C=O) groups is 5. The van der Waals surface area contributed by atoms with E-state index in [9.17, 15) is 33.6 Å². The van der Waals surface area contributed by atoms with E-state index in [0.717, 1.165) is 30.6 Å². The minimum Gasteiger partial charge on any atom is -0.484 e. The second kappa shape index (κ2) is 27.1. The zero-order valence-electron chi connectivity index (χ0n) is 40.2. The molecule has 3 fully saturated rings. The molecule has 3 saturated heterocycles. The van der Waals surface area contributed by atoms with Gasteiger partial charge in [-0.05, 0) is 68.0 Å². The van der Waals surface area contributed by atoms with E-state index in [1.165, 1.54) is 14.0 Å². The number of aryl methyl sites for hydroxylation is 1. The van der Waals surface area contributed by atoms with Gasteiger partial charge in [0.25, 0.3) is 11.5 Å². The highest BCUT2D eigenvalue weighted by Gasteiger charge is 2.42. The number of nitrogens with one attached hydrogen (secondary N) is 5. The van der Waals surface area contributed by atoms with Gasteiger partial charge in [-0.3, -0.25) is 38.0 Å². The summed E-state index contributed by atoms with van der Waals surface area (Å²) in [4.78, 5) is 95.8. The first-order valence-electron chi connectivity index (χ1n) is 24.2. The first-order chi connectivity index (χ1) is 33.4. The van der Waals surface area contributed by atoms with Gasteiger partial charge in [0, 0.05) is 96.2 Å². The maximum Gasteiger partial charge on any atom is 0.331 e. The summed E-state index contributed by atoms with van der Waals surface area (Å²) in [5, 5.41) is 12.1. The molecule has 3 aliphatic heterocycles. The Hall–Kier alpha value is -5.42. The SMILES string of the molecule is CCCn1c(=O)c2[nH]c(-c3ccc(OCC(=O)N4CCN(CC(=O)NCCCOCCOCCOCCCNC(=O)CN(C)C(=O)CCCC[C@@H]5SC[C@@H]6NC(=O)N[C@@H]65)CC4)cc3)cc2n(C)c1=O. The van der Waals surface area contributed by atoms with E-state index in [1.807, 2.05) is 35.7 Å². The lowest BCUT2D eigenvalue weighted by molar-refractivity contribution is -0.135. The van der Waals surface area contributed by atoms with Gasteiger partial charge in [0.1, 0.15) is 11.3 Å². The van der Waals surface area contributed by atoms with Gasteiger partial charge >= 0.3 is 11.7 Å². The van der Waals surface area contributed by atoms with E-state index in [2.05, 4.69) is 26.3 Å². The van der Waals surface area contributed by atoms with Crippen LogP contribution in [0.5, 0.6) is 5.75 Å². The molecule has 22 heteroatoms. The molecule has 6 rings (SSSR count). The topological polar surface area (TPSA) is 240 Å². The summed E-state index contributed by atoms with van der Waals surface area (Å²) in [6, 6.07) is 9.24. The number of H-pyrrole nitrogens is 1. The Morgan fingerprint density at radius 2 is 1.51 bits per heavy atom. The van der Waals surface area contributed by atoms with E-state index < -0.39 is 0 Å². The van der Waals surface area contributed by atoms with Gasteiger partial charge in [-0.15, -0.1) is 0 Å². The molecule has 0 spiro atoms. The van der Waals surface area contributed by atoms with Crippen molar-refractivity contribution < 1.29 is 42.9 Å². The number of benzene rings is 1. The van der Waals surface area contributed by atoms with Crippen LogP contribution in [0.4, 0.5) is 4.79 Å². The predicted octanol–water partition coefficient (Wildman–Crippen LogP) is 0.875. The van der Waals surface area contributed by atoms with Crippen LogP contribution in [-0.4, -0.2) is 187 Å². The number of nitrogens with zero attached hydrogens (tertiary/aromatic N) is 5. The molecule has 3 atom stereocenters. The third-order valence-electron chi connectivity index (χ3n) is 12.4. The molecule has 0 saturated carbocycles. The standard InChI is InChI=1S/C47H70N10O11S/c1-4-17-57-45(62)44-37(54(3)47(57)64)28-35(50-44)33-11-13-34(14-12-33)68-31-42(61)56-20-18-55(19-21-56)30-40(59)49-16-8-23-66-25-27-67-26-24-65-22-7-15-48-39(58)29-53(2)41(60)10-6-5-9-38-43-36(32-69-38)51-46(63)52-43/h11-14,28,36,38,43,50H,4-10,15-27,29-32H2,1-3H3,(H,48,58)(H,49,59)(H2,51,52,63)/t36-,38-,43-/m0/s1. The number of likely N-dealkylation sites (N-methyl/N-ethyl adjacent to an activating group) is 1. The second-order valence-corrected chi connectivity index (χ2v) is 18.8. The molecule has 21 nitrogen and oxygen atoms in total. The predicted molar refractivity (Wildman–Crippen MR) is 261 cm³/mol. The summed E-state index contributed by atoms with van der Waals surface area (Å²) in [5.74, 6) is 0.976. The first-order valence-corrected chi connectivity index (χ1v) is 25.2. The number of ether oxygens (including phenoxy) is 4. The average Bonchev–Trinajstić information content (AvgIpc) is 4.07. The molecule has 69 heavy (non-hydrogen) atoms. The third-order valence-corrected chi connectivity index (χ3v) is 13.9. The zero-order chi connectivity index (χ0) is 49.1. The molecule has 0 unspecified atom stereocenters. The lowest BCUT2D eigenvalue weighted by atomic mass is 10.0. The van der Waals surface area contributed by atoms with Crippen molar-refractivity contribution in [2.24, 2.45) is 7.05 Å². The van der Waals surface area contributed by atoms with Crippen molar-refractivity contribution >= 4 is 52.5 Å². The molecule has 2 aromatic heterocycles. The summed E-state index contributed by atoms with van der Waals surface area (Å²) in [6.45, 7) is 8.16. The molecular weight excluding hydrogens is 913 g/mol. The van der Waals surface area contributed by atoms with Crippen LogP contribution in [0.15, 0.2) is 39.9 Å². The molecule has 3 aromatic rings. The molecule has 0 bridgehead atoms. The van der Waals surface area contributed by atoms with Crippen molar-refractivity contribution in [2.75, 3.05) is 111 Å². The van der Waals surface area contributed by atoms with Crippen LogP contribution in [0.1, 0.15) is 51.9 Å².